The van der Waals surface area contributed by atoms with Crippen molar-refractivity contribution >= 4 is 17.3 Å². The molecule has 1 aromatic heterocycles. The Morgan fingerprint density at radius 1 is 1.44 bits per heavy atom. The van der Waals surface area contributed by atoms with Crippen molar-refractivity contribution in [2.24, 2.45) is 0 Å². The van der Waals surface area contributed by atoms with Crippen molar-refractivity contribution in [3.63, 3.8) is 0 Å². The highest BCUT2D eigenvalue weighted by Crippen LogP contribution is 1.96. The fraction of sp³-hybridized carbons (Fsp3) is 0.500. The van der Waals surface area contributed by atoms with E-state index >= 15 is 0 Å². The van der Waals surface area contributed by atoms with Crippen LogP contribution in [0.15, 0.2) is 12.3 Å². The van der Waals surface area contributed by atoms with Gasteiger partial charge in [-0.1, -0.05) is 0 Å². The number of hydrogen-bond acceptors (Lipinski definition) is 4. The molecule has 1 heterocycles. The van der Waals surface area contributed by atoms with E-state index in [4.69, 9.17) is 12.2 Å². The van der Waals surface area contributed by atoms with Gasteiger partial charge in [0.2, 0.25) is 0 Å². The Labute approximate surface area is 101 Å². The molecule has 0 aliphatic heterocycles. The van der Waals surface area contributed by atoms with Gasteiger partial charge in [0.1, 0.15) is 0 Å². The molecule has 0 radical (unpaired) electrons. The topological polar surface area (TPSA) is 61.9 Å². The number of nitrogens with zero attached hydrogens (tertiary/aromatic N) is 2. The molecule has 0 aliphatic carbocycles. The van der Waals surface area contributed by atoms with Gasteiger partial charge in [0.05, 0.1) is 11.9 Å². The molecule has 16 heavy (non-hydrogen) atoms. The molecule has 0 saturated carbocycles. The van der Waals surface area contributed by atoms with E-state index in [1.807, 2.05) is 13.0 Å². The lowest BCUT2D eigenvalue weighted by Gasteiger charge is -2.08. The predicted octanol–water partition coefficient (Wildman–Crippen LogP) is -0.0315. The third-order valence-corrected chi connectivity index (χ3v) is 2.33. The summed E-state index contributed by atoms with van der Waals surface area (Å²) < 4.78 is 0. The molecule has 0 saturated heterocycles. The van der Waals surface area contributed by atoms with Crippen molar-refractivity contribution in [2.75, 3.05) is 20.1 Å². The van der Waals surface area contributed by atoms with E-state index in [9.17, 15) is 0 Å². The Morgan fingerprint density at radius 2 is 2.25 bits per heavy atom. The SMILES string of the molecule is CNC(=S)NCCNCc1cnnc(C)c1. The van der Waals surface area contributed by atoms with Crippen LogP contribution < -0.4 is 16.0 Å². The first kappa shape index (κ1) is 12.8. The first-order valence-electron chi connectivity index (χ1n) is 5.17. The smallest absolute Gasteiger partial charge is 0.166 e. The van der Waals surface area contributed by atoms with Crippen LogP contribution in [0.3, 0.4) is 0 Å². The lowest BCUT2D eigenvalue weighted by atomic mass is 10.2. The van der Waals surface area contributed by atoms with Crippen LogP contribution in [0.25, 0.3) is 0 Å². The molecule has 0 aromatic carbocycles. The summed E-state index contributed by atoms with van der Waals surface area (Å²) in [5.74, 6) is 0. The quantitative estimate of drug-likeness (QED) is 0.495. The summed E-state index contributed by atoms with van der Waals surface area (Å²) in [6.07, 6.45) is 1.77. The largest absolute Gasteiger partial charge is 0.366 e. The van der Waals surface area contributed by atoms with Gasteiger partial charge in [-0.15, -0.1) is 0 Å². The molecule has 0 aliphatic rings. The van der Waals surface area contributed by atoms with E-state index in [1.54, 1.807) is 13.2 Å². The van der Waals surface area contributed by atoms with Gasteiger partial charge in [-0.2, -0.15) is 10.2 Å². The highest BCUT2D eigenvalue weighted by atomic mass is 32.1. The second-order valence-corrected chi connectivity index (χ2v) is 3.80. The summed E-state index contributed by atoms with van der Waals surface area (Å²) in [5, 5.41) is 17.7. The second-order valence-electron chi connectivity index (χ2n) is 3.39. The van der Waals surface area contributed by atoms with Gasteiger partial charge in [0.15, 0.2) is 5.11 Å². The lowest BCUT2D eigenvalue weighted by Crippen LogP contribution is -2.37. The maximum atomic E-state index is 4.95. The van der Waals surface area contributed by atoms with E-state index in [0.29, 0.717) is 5.11 Å². The van der Waals surface area contributed by atoms with Gasteiger partial charge >= 0.3 is 0 Å². The normalized spacial score (nSPS) is 9.88. The van der Waals surface area contributed by atoms with Crippen molar-refractivity contribution in [1.29, 1.82) is 0 Å². The minimum absolute atomic E-state index is 0.670. The molecule has 3 N–H and O–H groups in total. The van der Waals surface area contributed by atoms with Crippen molar-refractivity contribution < 1.29 is 0 Å². The molecular formula is C10H17N5S. The molecule has 0 bridgehead atoms. The van der Waals surface area contributed by atoms with Gasteiger partial charge in [0.25, 0.3) is 0 Å². The maximum absolute atomic E-state index is 4.95. The molecule has 0 fully saturated rings. The number of hydrogen-bond donors (Lipinski definition) is 3. The number of nitrogens with one attached hydrogen (secondary N) is 3. The zero-order valence-electron chi connectivity index (χ0n) is 9.58. The fourth-order valence-corrected chi connectivity index (χ4v) is 1.31. The zero-order chi connectivity index (χ0) is 11.8. The molecule has 5 nitrogen and oxygen atoms in total. The summed E-state index contributed by atoms with van der Waals surface area (Å²) in [4.78, 5) is 0. The van der Waals surface area contributed by atoms with Crippen LogP contribution in [0.1, 0.15) is 11.3 Å². The molecule has 1 rings (SSSR count). The van der Waals surface area contributed by atoms with Gasteiger partial charge in [-0.05, 0) is 30.8 Å². The van der Waals surface area contributed by atoms with Gasteiger partial charge < -0.3 is 16.0 Å². The van der Waals surface area contributed by atoms with Crippen LogP contribution in [0, 0.1) is 6.92 Å². The van der Waals surface area contributed by atoms with Gasteiger partial charge in [-0.3, -0.25) is 0 Å². The van der Waals surface area contributed by atoms with E-state index in [-0.39, 0.29) is 0 Å². The average Bonchev–Trinajstić information content (AvgIpc) is 2.28. The monoisotopic (exact) mass is 239 g/mol. The molecule has 0 amide bonds. The molecule has 0 unspecified atom stereocenters. The third kappa shape index (κ3) is 4.99. The van der Waals surface area contributed by atoms with Crippen LogP contribution in [-0.2, 0) is 6.54 Å². The highest BCUT2D eigenvalue weighted by Gasteiger charge is 1.95. The van der Waals surface area contributed by atoms with Gasteiger partial charge in [0, 0.05) is 26.7 Å². The average molecular weight is 239 g/mol. The Bertz CT molecular complexity index is 342. The van der Waals surface area contributed by atoms with Crippen LogP contribution in [-0.4, -0.2) is 35.4 Å². The molecule has 1 aromatic rings. The highest BCUT2D eigenvalue weighted by molar-refractivity contribution is 7.80. The summed E-state index contributed by atoms with van der Waals surface area (Å²) in [6.45, 7) is 4.38. The summed E-state index contributed by atoms with van der Waals surface area (Å²) in [6, 6.07) is 2.02. The van der Waals surface area contributed by atoms with E-state index in [0.717, 1.165) is 30.9 Å². The minimum atomic E-state index is 0.670. The fourth-order valence-electron chi connectivity index (χ4n) is 1.21. The zero-order valence-corrected chi connectivity index (χ0v) is 10.4. The summed E-state index contributed by atoms with van der Waals surface area (Å²) >= 11 is 4.95. The first-order valence-corrected chi connectivity index (χ1v) is 5.57. The number of aromatic nitrogens is 2. The van der Waals surface area contributed by atoms with E-state index < -0.39 is 0 Å². The number of thiocarbonyl (C=S) groups is 1. The van der Waals surface area contributed by atoms with Gasteiger partial charge in [-0.25, -0.2) is 0 Å². The van der Waals surface area contributed by atoms with Crippen LogP contribution in [0.2, 0.25) is 0 Å². The molecule has 6 heteroatoms. The Balaban J connectivity index is 2.14. The number of rotatable bonds is 5. The predicted molar refractivity (Wildman–Crippen MR) is 68.1 cm³/mol. The summed E-state index contributed by atoms with van der Waals surface area (Å²) in [5.41, 5.74) is 2.08. The van der Waals surface area contributed by atoms with E-state index in [1.165, 1.54) is 0 Å². The van der Waals surface area contributed by atoms with Crippen molar-refractivity contribution in [2.45, 2.75) is 13.5 Å². The van der Waals surface area contributed by atoms with Crippen molar-refractivity contribution in [3.8, 4) is 0 Å². The second kappa shape index (κ2) is 7.08. The Kier molecular flexibility index (Phi) is 5.66. The third-order valence-electron chi connectivity index (χ3n) is 1.98. The first-order chi connectivity index (χ1) is 7.72. The molecule has 88 valence electrons. The number of aryl methyl sites for hydroxylation is 1. The van der Waals surface area contributed by atoms with Crippen LogP contribution in [0.4, 0.5) is 0 Å². The lowest BCUT2D eigenvalue weighted by molar-refractivity contribution is 0.666. The maximum Gasteiger partial charge on any atom is 0.166 e. The van der Waals surface area contributed by atoms with Crippen molar-refractivity contribution in [3.05, 3.63) is 23.5 Å². The summed E-state index contributed by atoms with van der Waals surface area (Å²) in [7, 11) is 1.80. The molecule has 0 spiro atoms. The Morgan fingerprint density at radius 3 is 2.94 bits per heavy atom. The standard InChI is InChI=1S/C10H17N5S/c1-8-5-9(7-14-15-8)6-12-3-4-13-10(16)11-2/h5,7,12H,3-4,6H2,1-2H3,(H2,11,13,16). The minimum Gasteiger partial charge on any atom is -0.366 e. The van der Waals surface area contributed by atoms with Crippen LogP contribution in [0.5, 0.6) is 0 Å². The van der Waals surface area contributed by atoms with Crippen LogP contribution >= 0.6 is 12.2 Å². The molecular weight excluding hydrogens is 222 g/mol. The molecule has 0 atom stereocenters. The van der Waals surface area contributed by atoms with Crippen molar-refractivity contribution in [1.82, 2.24) is 26.1 Å². The Hall–Kier alpha value is -1.27. The van der Waals surface area contributed by atoms with E-state index in [2.05, 4.69) is 26.1 Å².